The Kier molecular flexibility index (Phi) is 6.20. The molecule has 1 heterocycles. The molecule has 0 bridgehead atoms. The monoisotopic (exact) mass is 281 g/mol. The number of nitrogens with zero attached hydrogens (tertiary/aromatic N) is 2. The molecule has 0 aliphatic heterocycles. The van der Waals surface area contributed by atoms with Gasteiger partial charge in [0.25, 0.3) is 0 Å². The van der Waals surface area contributed by atoms with Gasteiger partial charge in [0.15, 0.2) is 0 Å². The first-order valence-corrected chi connectivity index (χ1v) is 7.24. The summed E-state index contributed by atoms with van der Waals surface area (Å²) in [6.45, 7) is 11.4. The van der Waals surface area contributed by atoms with Crippen molar-refractivity contribution in [3.05, 3.63) is 18.0 Å². The summed E-state index contributed by atoms with van der Waals surface area (Å²) in [5, 5.41) is 7.62. The van der Waals surface area contributed by atoms with Crippen LogP contribution in [-0.2, 0) is 16.1 Å². The molecular weight excluding hydrogens is 254 g/mol. The number of carbonyl (C=O) groups is 1. The van der Waals surface area contributed by atoms with Gasteiger partial charge in [0.05, 0.1) is 5.69 Å². The lowest BCUT2D eigenvalue weighted by molar-refractivity contribution is -0.154. The van der Waals surface area contributed by atoms with Crippen molar-refractivity contribution >= 4 is 5.97 Å². The molecule has 0 saturated heterocycles. The van der Waals surface area contributed by atoms with Crippen molar-refractivity contribution in [2.45, 2.75) is 65.6 Å². The summed E-state index contributed by atoms with van der Waals surface area (Å²) in [7, 11) is 0. The minimum atomic E-state index is -0.395. The Bertz CT molecular complexity index is 419. The van der Waals surface area contributed by atoms with Crippen molar-refractivity contribution in [2.75, 3.05) is 6.54 Å². The van der Waals surface area contributed by atoms with E-state index in [0.717, 1.165) is 25.2 Å². The molecule has 0 fully saturated rings. The average molecular weight is 281 g/mol. The van der Waals surface area contributed by atoms with Gasteiger partial charge in [-0.3, -0.25) is 9.48 Å². The van der Waals surface area contributed by atoms with Crippen molar-refractivity contribution in [2.24, 2.45) is 0 Å². The van der Waals surface area contributed by atoms with Crippen LogP contribution in [0.2, 0.25) is 0 Å². The van der Waals surface area contributed by atoms with Gasteiger partial charge in [-0.1, -0.05) is 0 Å². The Morgan fingerprint density at radius 1 is 1.45 bits per heavy atom. The second kappa shape index (κ2) is 7.43. The average Bonchev–Trinajstić information content (AvgIpc) is 2.74. The summed E-state index contributed by atoms with van der Waals surface area (Å²) in [4.78, 5) is 11.5. The molecule has 20 heavy (non-hydrogen) atoms. The molecule has 0 atom stereocenters. The van der Waals surface area contributed by atoms with Crippen molar-refractivity contribution < 1.29 is 9.53 Å². The summed E-state index contributed by atoms with van der Waals surface area (Å²) in [5.41, 5.74) is 0.770. The topological polar surface area (TPSA) is 56.2 Å². The van der Waals surface area contributed by atoms with Crippen LogP contribution in [0.4, 0.5) is 0 Å². The van der Waals surface area contributed by atoms with Crippen LogP contribution < -0.4 is 5.32 Å². The Morgan fingerprint density at radius 2 is 2.15 bits per heavy atom. The number of nitrogens with one attached hydrogen (secondary N) is 1. The van der Waals surface area contributed by atoms with Gasteiger partial charge in [-0.25, -0.2) is 0 Å². The molecule has 5 heteroatoms. The lowest BCUT2D eigenvalue weighted by atomic mass is 10.2. The summed E-state index contributed by atoms with van der Waals surface area (Å²) < 4.78 is 7.26. The van der Waals surface area contributed by atoms with E-state index in [-0.39, 0.29) is 5.97 Å². The van der Waals surface area contributed by atoms with Gasteiger partial charge >= 0.3 is 5.97 Å². The van der Waals surface area contributed by atoms with Crippen molar-refractivity contribution in [1.82, 2.24) is 15.1 Å². The van der Waals surface area contributed by atoms with Crippen LogP contribution in [0.3, 0.4) is 0 Å². The highest BCUT2D eigenvalue weighted by Crippen LogP contribution is 2.09. The van der Waals surface area contributed by atoms with Crippen LogP contribution in [0, 0.1) is 0 Å². The molecule has 1 N–H and O–H groups in total. The Hall–Kier alpha value is -1.36. The molecule has 0 radical (unpaired) electrons. The van der Waals surface area contributed by atoms with Gasteiger partial charge in [-0.05, 0) is 53.7 Å². The predicted octanol–water partition coefficient (Wildman–Crippen LogP) is 2.68. The Balaban J connectivity index is 2.19. The second-order valence-electron chi connectivity index (χ2n) is 6.23. The van der Waals surface area contributed by atoms with Gasteiger partial charge in [-0.15, -0.1) is 0 Å². The zero-order valence-corrected chi connectivity index (χ0v) is 13.3. The van der Waals surface area contributed by atoms with E-state index in [2.05, 4.69) is 24.3 Å². The fraction of sp³-hybridized carbons (Fsp3) is 0.733. The first kappa shape index (κ1) is 16.7. The normalized spacial score (nSPS) is 11.9. The molecule has 5 nitrogen and oxygen atoms in total. The molecule has 1 aromatic heterocycles. The van der Waals surface area contributed by atoms with Gasteiger partial charge in [0.2, 0.25) is 0 Å². The molecule has 114 valence electrons. The van der Waals surface area contributed by atoms with E-state index >= 15 is 0 Å². The molecule has 0 saturated carbocycles. The Morgan fingerprint density at radius 3 is 2.75 bits per heavy atom. The maximum Gasteiger partial charge on any atom is 0.306 e. The minimum Gasteiger partial charge on any atom is -0.460 e. The predicted molar refractivity (Wildman–Crippen MR) is 79.4 cm³/mol. The van der Waals surface area contributed by atoms with Crippen LogP contribution >= 0.6 is 0 Å². The first-order chi connectivity index (χ1) is 9.29. The molecule has 0 unspecified atom stereocenters. The highest BCUT2D eigenvalue weighted by atomic mass is 16.6. The maximum absolute atomic E-state index is 11.5. The van der Waals surface area contributed by atoms with Crippen LogP contribution in [0.15, 0.2) is 12.3 Å². The van der Waals surface area contributed by atoms with Crippen LogP contribution in [0.1, 0.15) is 59.2 Å². The lowest BCUT2D eigenvalue weighted by Gasteiger charge is -2.19. The SMILES string of the molecule is CC(C)n1nccc1CNCCCC(=O)OC(C)(C)C. The Labute approximate surface area is 121 Å². The summed E-state index contributed by atoms with van der Waals surface area (Å²) in [5.74, 6) is -0.133. The van der Waals surface area contributed by atoms with E-state index in [9.17, 15) is 4.79 Å². The smallest absolute Gasteiger partial charge is 0.306 e. The van der Waals surface area contributed by atoms with Crippen molar-refractivity contribution in [1.29, 1.82) is 0 Å². The highest BCUT2D eigenvalue weighted by Gasteiger charge is 2.15. The summed E-state index contributed by atoms with van der Waals surface area (Å²) >= 11 is 0. The van der Waals surface area contributed by atoms with Gasteiger partial charge in [0, 0.05) is 25.2 Å². The number of esters is 1. The fourth-order valence-corrected chi connectivity index (χ4v) is 1.91. The second-order valence-corrected chi connectivity index (χ2v) is 6.23. The summed E-state index contributed by atoms with van der Waals surface area (Å²) in [6.07, 6.45) is 3.05. The molecular formula is C15H27N3O2. The zero-order chi connectivity index (χ0) is 15.2. The lowest BCUT2D eigenvalue weighted by Crippen LogP contribution is -2.25. The quantitative estimate of drug-likeness (QED) is 0.616. The maximum atomic E-state index is 11.5. The van der Waals surface area contributed by atoms with Crippen LogP contribution in [-0.4, -0.2) is 27.9 Å². The zero-order valence-electron chi connectivity index (χ0n) is 13.3. The molecule has 0 spiro atoms. The van der Waals surface area contributed by atoms with E-state index < -0.39 is 5.60 Å². The third kappa shape index (κ3) is 6.19. The van der Waals surface area contributed by atoms with E-state index in [1.165, 1.54) is 0 Å². The highest BCUT2D eigenvalue weighted by molar-refractivity contribution is 5.69. The van der Waals surface area contributed by atoms with Crippen molar-refractivity contribution in [3.8, 4) is 0 Å². The number of carbonyl (C=O) groups excluding carboxylic acids is 1. The number of hydrogen-bond acceptors (Lipinski definition) is 4. The van der Waals surface area contributed by atoms with Gasteiger partial charge in [-0.2, -0.15) is 5.10 Å². The number of aromatic nitrogens is 2. The first-order valence-electron chi connectivity index (χ1n) is 7.24. The number of rotatable bonds is 7. The van der Waals surface area contributed by atoms with Gasteiger partial charge < -0.3 is 10.1 Å². The van der Waals surface area contributed by atoms with E-state index in [4.69, 9.17) is 4.74 Å². The number of hydrogen-bond donors (Lipinski definition) is 1. The molecule has 0 amide bonds. The van der Waals surface area contributed by atoms with E-state index in [1.54, 1.807) is 0 Å². The molecule has 0 aromatic carbocycles. The number of ether oxygens (including phenoxy) is 1. The third-order valence-corrected chi connectivity index (χ3v) is 2.70. The van der Waals surface area contributed by atoms with Crippen molar-refractivity contribution in [3.63, 3.8) is 0 Å². The van der Waals surface area contributed by atoms with E-state index in [0.29, 0.717) is 12.5 Å². The third-order valence-electron chi connectivity index (χ3n) is 2.70. The van der Waals surface area contributed by atoms with Crippen LogP contribution in [0.25, 0.3) is 0 Å². The van der Waals surface area contributed by atoms with Crippen LogP contribution in [0.5, 0.6) is 0 Å². The largest absolute Gasteiger partial charge is 0.460 e. The summed E-state index contributed by atoms with van der Waals surface area (Å²) in [6, 6.07) is 2.38. The fourth-order valence-electron chi connectivity index (χ4n) is 1.91. The molecule has 0 aliphatic carbocycles. The van der Waals surface area contributed by atoms with Gasteiger partial charge in [0.1, 0.15) is 5.60 Å². The minimum absolute atomic E-state index is 0.133. The molecule has 1 rings (SSSR count). The molecule has 1 aromatic rings. The molecule has 0 aliphatic rings. The standard InChI is InChI=1S/C15H27N3O2/c1-12(2)18-13(8-10-17-18)11-16-9-6-7-14(19)20-15(3,4)5/h8,10,12,16H,6-7,9,11H2,1-5H3. The van der Waals surface area contributed by atoms with E-state index in [1.807, 2.05) is 37.7 Å².